The van der Waals surface area contributed by atoms with Crippen LogP contribution in [0.4, 0.5) is 0 Å². The average Bonchev–Trinajstić information content (AvgIpc) is 3.49. The predicted octanol–water partition coefficient (Wildman–Crippen LogP) is 5.79. The Morgan fingerprint density at radius 1 is 0.880 bits per heavy atom. The molecule has 3 atom stereocenters. The van der Waals surface area contributed by atoms with Crippen LogP contribution >= 0.6 is 11.8 Å². The van der Waals surface area contributed by atoms with E-state index in [0.29, 0.717) is 11.1 Å². The minimum Gasteiger partial charge on any atom is -0.497 e. The fourth-order valence-electron chi connectivity index (χ4n) is 6.12. The number of aliphatic hydroxyl groups is 1. The highest BCUT2D eigenvalue weighted by Crippen LogP contribution is 2.51. The van der Waals surface area contributed by atoms with E-state index < -0.39 is 34.3 Å². The minimum atomic E-state index is -1.27. The van der Waals surface area contributed by atoms with Gasteiger partial charge in [0.05, 0.1) is 31.1 Å². The van der Waals surface area contributed by atoms with Gasteiger partial charge < -0.3 is 28.8 Å². The average molecular weight is 695 g/mol. The van der Waals surface area contributed by atoms with Gasteiger partial charge in [-0.3, -0.25) is 4.57 Å². The van der Waals surface area contributed by atoms with Crippen molar-refractivity contribution in [3.63, 3.8) is 0 Å². The molecule has 10 nitrogen and oxygen atoms in total. The van der Waals surface area contributed by atoms with Gasteiger partial charge in [0.2, 0.25) is 5.88 Å². The fraction of sp³-hybridized carbons (Fsp3) is 0.256. The molecule has 1 N–H and O–H groups in total. The molecule has 50 heavy (non-hydrogen) atoms. The van der Waals surface area contributed by atoms with Crippen LogP contribution in [0.2, 0.25) is 0 Å². The number of nitrogens with zero attached hydrogens (tertiary/aromatic N) is 2. The van der Waals surface area contributed by atoms with Crippen LogP contribution in [0.5, 0.6) is 17.4 Å². The van der Waals surface area contributed by atoms with E-state index in [2.05, 4.69) is 17.1 Å². The number of carbonyl (C=O) groups excluding carboxylic acids is 1. The smallest absolute Gasteiger partial charge is 0.353 e. The molecule has 0 aliphatic carbocycles. The van der Waals surface area contributed by atoms with Gasteiger partial charge >= 0.3 is 11.7 Å². The first-order valence-electron chi connectivity index (χ1n) is 15.9. The van der Waals surface area contributed by atoms with Crippen molar-refractivity contribution in [2.75, 3.05) is 33.7 Å². The molecule has 0 spiro atoms. The van der Waals surface area contributed by atoms with Crippen molar-refractivity contribution in [2.45, 2.75) is 29.6 Å². The third kappa shape index (κ3) is 6.65. The van der Waals surface area contributed by atoms with Gasteiger partial charge in [0.1, 0.15) is 23.2 Å². The van der Waals surface area contributed by atoms with E-state index in [4.69, 9.17) is 23.7 Å². The van der Waals surface area contributed by atoms with Crippen molar-refractivity contribution in [1.82, 2.24) is 9.55 Å². The number of esters is 1. The molecule has 0 bridgehead atoms. The number of thioether (sulfide) groups is 1. The van der Waals surface area contributed by atoms with E-state index in [1.165, 1.54) is 17.9 Å². The Labute approximate surface area is 294 Å². The first-order chi connectivity index (χ1) is 24.2. The van der Waals surface area contributed by atoms with Crippen LogP contribution in [-0.2, 0) is 14.2 Å². The quantitative estimate of drug-likeness (QED) is 0.127. The summed E-state index contributed by atoms with van der Waals surface area (Å²) in [6.45, 7) is 1.66. The molecule has 1 aromatic heterocycles. The van der Waals surface area contributed by atoms with Crippen LogP contribution in [0, 0.1) is 6.92 Å². The highest BCUT2D eigenvalue weighted by Gasteiger charge is 2.53. The Bertz CT molecular complexity index is 1920. The van der Waals surface area contributed by atoms with E-state index in [1.54, 1.807) is 63.2 Å². The molecule has 1 saturated heterocycles. The summed E-state index contributed by atoms with van der Waals surface area (Å²) < 4.78 is 29.0. The molecule has 258 valence electrons. The molecule has 3 unspecified atom stereocenters. The van der Waals surface area contributed by atoms with Crippen LogP contribution in [0.1, 0.15) is 38.8 Å². The Kier molecular flexibility index (Phi) is 10.4. The van der Waals surface area contributed by atoms with Crippen molar-refractivity contribution in [3.8, 4) is 17.4 Å². The molecule has 2 heterocycles. The van der Waals surface area contributed by atoms with Crippen LogP contribution in [0.25, 0.3) is 0 Å². The second-order valence-corrected chi connectivity index (χ2v) is 13.1. The highest BCUT2D eigenvalue weighted by atomic mass is 32.2. The molecule has 0 saturated carbocycles. The van der Waals surface area contributed by atoms with Crippen molar-refractivity contribution in [2.24, 2.45) is 0 Å². The van der Waals surface area contributed by atoms with E-state index in [-0.39, 0.29) is 18.2 Å². The third-order valence-electron chi connectivity index (χ3n) is 8.98. The standard InChI is InChI=1S/C39H38N2O8S/c1-26-23-41(37(44)40-34(26)49-36(43)27-11-7-5-8-12-27)35-33(42)38(47-4,24-48-35)25-50-39(28-13-9-6-10-14-28,29-15-19-31(45-2)20-16-29)30-17-21-32(46-3)22-18-30/h5-23,33,35,42H,24-25H2,1-4H3. The zero-order chi connectivity index (χ0) is 35.3. The topological polar surface area (TPSA) is 118 Å². The predicted molar refractivity (Wildman–Crippen MR) is 190 cm³/mol. The molecule has 0 amide bonds. The van der Waals surface area contributed by atoms with Gasteiger partial charge in [0.25, 0.3) is 0 Å². The van der Waals surface area contributed by atoms with Gasteiger partial charge in [-0.05, 0) is 60.0 Å². The maximum Gasteiger partial charge on any atom is 0.353 e. The third-order valence-corrected chi connectivity index (χ3v) is 10.8. The molecule has 6 rings (SSSR count). The Balaban J connectivity index is 1.34. The number of methoxy groups -OCH3 is 3. The Morgan fingerprint density at radius 2 is 1.42 bits per heavy atom. The summed E-state index contributed by atoms with van der Waals surface area (Å²) in [7, 11) is 4.79. The second kappa shape index (κ2) is 14.9. The monoisotopic (exact) mass is 694 g/mol. The minimum absolute atomic E-state index is 0.00530. The zero-order valence-electron chi connectivity index (χ0n) is 28.1. The van der Waals surface area contributed by atoms with Crippen molar-refractivity contribution < 1.29 is 33.6 Å². The van der Waals surface area contributed by atoms with Crippen LogP contribution < -0.4 is 19.9 Å². The lowest BCUT2D eigenvalue weighted by Gasteiger charge is -2.39. The van der Waals surface area contributed by atoms with E-state index in [0.717, 1.165) is 28.2 Å². The second-order valence-electron chi connectivity index (χ2n) is 11.9. The first kappa shape index (κ1) is 34.9. The zero-order valence-corrected chi connectivity index (χ0v) is 29.0. The first-order valence-corrected chi connectivity index (χ1v) is 16.9. The lowest BCUT2D eigenvalue weighted by Crippen LogP contribution is -2.49. The lowest BCUT2D eigenvalue weighted by molar-refractivity contribution is -0.0720. The Morgan fingerprint density at radius 3 is 1.96 bits per heavy atom. The molecule has 4 aromatic carbocycles. The van der Waals surface area contributed by atoms with Gasteiger partial charge in [-0.25, -0.2) is 9.59 Å². The molecular weight excluding hydrogens is 657 g/mol. The van der Waals surface area contributed by atoms with E-state index >= 15 is 0 Å². The number of aryl methyl sites for hydroxylation is 1. The summed E-state index contributed by atoms with van der Waals surface area (Å²) in [5.74, 6) is 0.958. The van der Waals surface area contributed by atoms with E-state index in [1.807, 2.05) is 66.7 Å². The molecular formula is C39H38N2O8S. The van der Waals surface area contributed by atoms with Crippen LogP contribution in [0.15, 0.2) is 120 Å². The molecule has 1 aliphatic heterocycles. The number of carbonyl (C=O) groups is 1. The highest BCUT2D eigenvalue weighted by molar-refractivity contribution is 8.00. The molecule has 11 heteroatoms. The summed E-state index contributed by atoms with van der Waals surface area (Å²) in [6, 6.07) is 34.4. The number of hydrogen-bond acceptors (Lipinski definition) is 10. The van der Waals surface area contributed by atoms with Gasteiger partial charge in [-0.15, -0.1) is 11.8 Å². The normalized spacial score (nSPS) is 18.8. The molecule has 1 fully saturated rings. The summed E-state index contributed by atoms with van der Waals surface area (Å²) in [4.78, 5) is 30.0. The van der Waals surface area contributed by atoms with Crippen LogP contribution in [0.3, 0.4) is 0 Å². The summed E-state index contributed by atoms with van der Waals surface area (Å²) in [6.07, 6.45) is -0.906. The molecule has 5 aromatic rings. The summed E-state index contributed by atoms with van der Waals surface area (Å²) >= 11 is 1.58. The van der Waals surface area contributed by atoms with Crippen molar-refractivity contribution in [1.29, 1.82) is 0 Å². The van der Waals surface area contributed by atoms with Gasteiger partial charge in [0, 0.05) is 24.6 Å². The van der Waals surface area contributed by atoms with Crippen LogP contribution in [-0.4, -0.2) is 66.0 Å². The van der Waals surface area contributed by atoms with Crippen molar-refractivity contribution >= 4 is 17.7 Å². The molecule has 0 radical (unpaired) electrons. The number of hydrogen-bond donors (Lipinski definition) is 1. The maximum absolute atomic E-state index is 13.3. The SMILES string of the molecule is COc1ccc(C(SCC2(OC)COC(n3cc(C)c(OC(=O)c4ccccc4)nc3=O)C2O)(c2ccccc2)c2ccc(OC)cc2)cc1. The number of aromatic nitrogens is 2. The number of aliphatic hydroxyl groups excluding tert-OH is 1. The van der Waals surface area contributed by atoms with Gasteiger partial charge in [0.15, 0.2) is 6.23 Å². The number of benzene rings is 4. The molecule has 1 aliphatic rings. The van der Waals surface area contributed by atoms with Gasteiger partial charge in [-0.1, -0.05) is 72.8 Å². The van der Waals surface area contributed by atoms with Gasteiger partial charge in [-0.2, -0.15) is 4.98 Å². The Hall–Kier alpha value is -4.94. The lowest BCUT2D eigenvalue weighted by atomic mass is 9.84. The largest absolute Gasteiger partial charge is 0.497 e. The number of ether oxygens (including phenoxy) is 5. The maximum atomic E-state index is 13.3. The van der Waals surface area contributed by atoms with Crippen molar-refractivity contribution in [3.05, 3.63) is 154 Å². The summed E-state index contributed by atoms with van der Waals surface area (Å²) in [5.41, 5.74) is 1.74. The fourth-order valence-corrected chi connectivity index (χ4v) is 7.87. The number of rotatable bonds is 12. The van der Waals surface area contributed by atoms with E-state index in [9.17, 15) is 14.7 Å². The summed E-state index contributed by atoms with van der Waals surface area (Å²) in [5, 5.41) is 11.9.